The van der Waals surface area contributed by atoms with Crippen LogP contribution < -0.4 is 32.7 Å². The molecule has 0 rings (SSSR count). The third-order valence-corrected chi connectivity index (χ3v) is 2.55. The molecular formula is C12H32N6. The molecule has 6 heteroatoms. The smallest absolute Gasteiger partial charge is 0.00772 e. The van der Waals surface area contributed by atoms with Crippen molar-refractivity contribution in [3.8, 4) is 0 Å². The minimum atomic E-state index is 0.768. The van der Waals surface area contributed by atoms with Crippen molar-refractivity contribution in [1.29, 1.82) is 0 Å². The van der Waals surface area contributed by atoms with E-state index in [1.165, 1.54) is 0 Å². The topological polar surface area (TPSA) is 100 Å². The summed E-state index contributed by atoms with van der Waals surface area (Å²) in [6.07, 6.45) is 2.11. The zero-order valence-corrected chi connectivity index (χ0v) is 11.6. The molecule has 0 heterocycles. The lowest BCUT2D eigenvalue weighted by atomic mass is 10.4. The molecule has 0 aliphatic rings. The summed E-state index contributed by atoms with van der Waals surface area (Å²) in [5.74, 6) is 0. The van der Waals surface area contributed by atoms with Crippen LogP contribution in [0.2, 0.25) is 0 Å². The number of hydrogen-bond donors (Lipinski definition) is 6. The molecule has 0 amide bonds. The standard InChI is InChI=1S/C12H32N6/c13-3-1-5-15-7-9-17-11-12-18-10-8-16-6-2-4-14/h15-18H,1-14H2. The van der Waals surface area contributed by atoms with Gasteiger partial charge in [-0.05, 0) is 39.0 Å². The van der Waals surface area contributed by atoms with Crippen LogP contribution in [0, 0.1) is 0 Å². The van der Waals surface area contributed by atoms with Crippen molar-refractivity contribution < 1.29 is 0 Å². The summed E-state index contributed by atoms with van der Waals surface area (Å²) < 4.78 is 0. The van der Waals surface area contributed by atoms with E-state index in [1.54, 1.807) is 0 Å². The van der Waals surface area contributed by atoms with E-state index in [1.807, 2.05) is 0 Å². The molecule has 0 aromatic carbocycles. The molecule has 0 saturated carbocycles. The Labute approximate surface area is 112 Å². The lowest BCUT2D eigenvalue weighted by Gasteiger charge is -2.08. The molecule has 0 unspecified atom stereocenters. The third kappa shape index (κ3) is 15.8. The molecule has 0 aromatic rings. The van der Waals surface area contributed by atoms with Crippen LogP contribution in [0.25, 0.3) is 0 Å². The quantitative estimate of drug-likeness (QED) is 0.191. The molecule has 18 heavy (non-hydrogen) atoms. The molecule has 0 aliphatic carbocycles. The first-order chi connectivity index (χ1) is 8.91. The number of rotatable bonds is 15. The predicted octanol–water partition coefficient (Wildman–Crippen LogP) is -1.96. The molecule has 8 N–H and O–H groups in total. The molecule has 0 bridgehead atoms. The molecule has 0 atom stereocenters. The summed E-state index contributed by atoms with van der Waals surface area (Å²) in [5, 5.41) is 13.4. The Kier molecular flexibility index (Phi) is 16.5. The zero-order valence-electron chi connectivity index (χ0n) is 11.6. The Morgan fingerprint density at radius 3 is 1.00 bits per heavy atom. The van der Waals surface area contributed by atoms with Crippen molar-refractivity contribution in [3.63, 3.8) is 0 Å². The first-order valence-corrected chi connectivity index (χ1v) is 7.14. The Morgan fingerprint density at radius 1 is 0.444 bits per heavy atom. The summed E-state index contributed by atoms with van der Waals surface area (Å²) in [4.78, 5) is 0. The fourth-order valence-corrected chi connectivity index (χ4v) is 1.48. The van der Waals surface area contributed by atoms with E-state index in [0.29, 0.717) is 0 Å². The van der Waals surface area contributed by atoms with Crippen LogP contribution in [0.5, 0.6) is 0 Å². The number of hydrogen-bond acceptors (Lipinski definition) is 6. The Balaban J connectivity index is 2.86. The molecule has 110 valence electrons. The summed E-state index contributed by atoms with van der Waals surface area (Å²) in [7, 11) is 0. The second kappa shape index (κ2) is 16.8. The van der Waals surface area contributed by atoms with Crippen LogP contribution in [-0.4, -0.2) is 65.4 Å². The average molecular weight is 260 g/mol. The highest BCUT2D eigenvalue weighted by atomic mass is 15.0. The third-order valence-electron chi connectivity index (χ3n) is 2.55. The average Bonchev–Trinajstić information content (AvgIpc) is 2.39. The molecule has 0 spiro atoms. The van der Waals surface area contributed by atoms with Gasteiger partial charge < -0.3 is 32.7 Å². The van der Waals surface area contributed by atoms with Gasteiger partial charge in [-0.25, -0.2) is 0 Å². The second-order valence-electron chi connectivity index (χ2n) is 4.28. The fraction of sp³-hybridized carbons (Fsp3) is 1.00. The van der Waals surface area contributed by atoms with Gasteiger partial charge in [0, 0.05) is 39.3 Å². The van der Waals surface area contributed by atoms with Gasteiger partial charge in [-0.2, -0.15) is 0 Å². The Bertz CT molecular complexity index is 129. The highest BCUT2D eigenvalue weighted by Gasteiger charge is 1.90. The lowest BCUT2D eigenvalue weighted by molar-refractivity contribution is 0.560. The molecule has 6 nitrogen and oxygen atoms in total. The number of nitrogens with one attached hydrogen (secondary N) is 4. The van der Waals surface area contributed by atoms with Crippen LogP contribution >= 0.6 is 0 Å². The first-order valence-electron chi connectivity index (χ1n) is 7.14. The van der Waals surface area contributed by atoms with Gasteiger partial charge in [0.2, 0.25) is 0 Å². The van der Waals surface area contributed by atoms with Gasteiger partial charge in [-0.1, -0.05) is 0 Å². The predicted molar refractivity (Wildman–Crippen MR) is 78.8 cm³/mol. The summed E-state index contributed by atoms with van der Waals surface area (Å²) in [6.45, 7) is 9.66. The van der Waals surface area contributed by atoms with Crippen molar-refractivity contribution in [1.82, 2.24) is 21.3 Å². The molecule has 0 aromatic heterocycles. The van der Waals surface area contributed by atoms with Crippen LogP contribution in [0.3, 0.4) is 0 Å². The van der Waals surface area contributed by atoms with Gasteiger partial charge in [0.05, 0.1) is 0 Å². The molecule has 0 saturated heterocycles. The Morgan fingerprint density at radius 2 is 0.722 bits per heavy atom. The number of nitrogens with two attached hydrogens (primary N) is 2. The summed E-state index contributed by atoms with van der Waals surface area (Å²) >= 11 is 0. The monoisotopic (exact) mass is 260 g/mol. The van der Waals surface area contributed by atoms with Crippen molar-refractivity contribution in [3.05, 3.63) is 0 Å². The van der Waals surface area contributed by atoms with Crippen LogP contribution in [0.15, 0.2) is 0 Å². The van der Waals surface area contributed by atoms with E-state index < -0.39 is 0 Å². The van der Waals surface area contributed by atoms with Gasteiger partial charge in [0.25, 0.3) is 0 Å². The lowest BCUT2D eigenvalue weighted by Crippen LogP contribution is -2.35. The van der Waals surface area contributed by atoms with Gasteiger partial charge in [-0.3, -0.25) is 0 Å². The highest BCUT2D eigenvalue weighted by Crippen LogP contribution is 1.69. The van der Waals surface area contributed by atoms with Crippen molar-refractivity contribution in [2.75, 3.05) is 65.4 Å². The summed E-state index contributed by atoms with van der Waals surface area (Å²) in [6, 6.07) is 0. The normalized spacial score (nSPS) is 11.0. The maximum Gasteiger partial charge on any atom is 0.00772 e. The second-order valence-corrected chi connectivity index (χ2v) is 4.28. The van der Waals surface area contributed by atoms with Crippen molar-refractivity contribution >= 4 is 0 Å². The fourth-order valence-electron chi connectivity index (χ4n) is 1.48. The molecule has 0 fully saturated rings. The zero-order chi connectivity index (χ0) is 13.3. The van der Waals surface area contributed by atoms with Gasteiger partial charge >= 0.3 is 0 Å². The molecule has 0 aliphatic heterocycles. The van der Waals surface area contributed by atoms with Crippen molar-refractivity contribution in [2.45, 2.75) is 12.8 Å². The molecular weight excluding hydrogens is 228 g/mol. The van der Waals surface area contributed by atoms with Gasteiger partial charge in [0.1, 0.15) is 0 Å². The molecule has 0 radical (unpaired) electrons. The van der Waals surface area contributed by atoms with Crippen LogP contribution in [0.1, 0.15) is 12.8 Å². The maximum absolute atomic E-state index is 5.40. The van der Waals surface area contributed by atoms with Gasteiger partial charge in [0.15, 0.2) is 0 Å². The van der Waals surface area contributed by atoms with Crippen molar-refractivity contribution in [2.24, 2.45) is 11.5 Å². The SMILES string of the molecule is NCCCNCCNCCNCCNCCCN. The summed E-state index contributed by atoms with van der Waals surface area (Å²) in [5.41, 5.74) is 10.8. The van der Waals surface area contributed by atoms with E-state index in [0.717, 1.165) is 78.3 Å². The van der Waals surface area contributed by atoms with E-state index in [9.17, 15) is 0 Å². The maximum atomic E-state index is 5.40. The Hall–Kier alpha value is -0.240. The van der Waals surface area contributed by atoms with E-state index in [4.69, 9.17) is 11.5 Å². The van der Waals surface area contributed by atoms with Crippen LogP contribution in [0.4, 0.5) is 0 Å². The van der Waals surface area contributed by atoms with E-state index >= 15 is 0 Å². The van der Waals surface area contributed by atoms with Gasteiger partial charge in [-0.15, -0.1) is 0 Å². The van der Waals surface area contributed by atoms with E-state index in [2.05, 4.69) is 21.3 Å². The first kappa shape index (κ1) is 17.8. The minimum Gasteiger partial charge on any atom is -0.330 e. The van der Waals surface area contributed by atoms with E-state index in [-0.39, 0.29) is 0 Å². The highest BCUT2D eigenvalue weighted by molar-refractivity contribution is 4.56. The largest absolute Gasteiger partial charge is 0.330 e. The van der Waals surface area contributed by atoms with Crippen LogP contribution in [-0.2, 0) is 0 Å². The minimum absolute atomic E-state index is 0.768.